The largest absolute Gasteiger partial charge is 0.360 e. The van der Waals surface area contributed by atoms with Crippen molar-refractivity contribution in [1.82, 2.24) is 9.97 Å². The average Bonchev–Trinajstić information content (AvgIpc) is 2.75. The molecule has 1 aromatic carbocycles. The minimum absolute atomic E-state index is 0.208. The third-order valence-electron chi connectivity index (χ3n) is 2.90. The van der Waals surface area contributed by atoms with Crippen molar-refractivity contribution in [1.29, 1.82) is 0 Å². The maximum absolute atomic E-state index is 13.0. The van der Waals surface area contributed by atoms with Crippen LogP contribution in [0.5, 0.6) is 0 Å². The van der Waals surface area contributed by atoms with E-state index in [0.717, 1.165) is 27.7 Å². The van der Waals surface area contributed by atoms with Crippen LogP contribution in [0, 0.1) is 12.7 Å². The molecular formula is C14H11FN2. The van der Waals surface area contributed by atoms with Crippen molar-refractivity contribution in [3.63, 3.8) is 0 Å². The lowest BCUT2D eigenvalue weighted by molar-refractivity contribution is 0.627. The second kappa shape index (κ2) is 3.70. The highest BCUT2D eigenvalue weighted by Crippen LogP contribution is 2.25. The molecule has 2 heterocycles. The molecule has 17 heavy (non-hydrogen) atoms. The maximum Gasteiger partial charge on any atom is 0.123 e. The van der Waals surface area contributed by atoms with E-state index >= 15 is 0 Å². The number of nitrogens with zero attached hydrogens (tertiary/aromatic N) is 1. The SMILES string of the molecule is Cc1cc(F)ccc1-c1cnc2cc[nH]c2c1. The Labute approximate surface area is 98.1 Å². The highest BCUT2D eigenvalue weighted by atomic mass is 19.1. The van der Waals surface area contributed by atoms with Gasteiger partial charge in [-0.15, -0.1) is 0 Å². The molecule has 0 atom stereocenters. The first-order valence-electron chi connectivity index (χ1n) is 5.44. The smallest absolute Gasteiger partial charge is 0.123 e. The fourth-order valence-electron chi connectivity index (χ4n) is 2.03. The number of aromatic amines is 1. The van der Waals surface area contributed by atoms with Gasteiger partial charge in [-0.05, 0) is 42.3 Å². The summed E-state index contributed by atoms with van der Waals surface area (Å²) in [7, 11) is 0. The molecule has 2 nitrogen and oxygen atoms in total. The quantitative estimate of drug-likeness (QED) is 0.673. The predicted octanol–water partition coefficient (Wildman–Crippen LogP) is 3.68. The third-order valence-corrected chi connectivity index (χ3v) is 2.90. The van der Waals surface area contributed by atoms with Gasteiger partial charge in [0.2, 0.25) is 0 Å². The van der Waals surface area contributed by atoms with Crippen LogP contribution in [0.1, 0.15) is 5.56 Å². The molecule has 0 fully saturated rings. The van der Waals surface area contributed by atoms with E-state index in [1.54, 1.807) is 6.07 Å². The number of hydrogen-bond acceptors (Lipinski definition) is 1. The molecular weight excluding hydrogens is 215 g/mol. The highest BCUT2D eigenvalue weighted by Gasteiger charge is 2.05. The molecule has 0 saturated heterocycles. The Morgan fingerprint density at radius 1 is 1.18 bits per heavy atom. The topological polar surface area (TPSA) is 28.7 Å². The van der Waals surface area contributed by atoms with Crippen LogP contribution in [-0.2, 0) is 0 Å². The fraction of sp³-hybridized carbons (Fsp3) is 0.0714. The number of hydrogen-bond donors (Lipinski definition) is 1. The van der Waals surface area contributed by atoms with Gasteiger partial charge in [0.15, 0.2) is 0 Å². The monoisotopic (exact) mass is 226 g/mol. The highest BCUT2D eigenvalue weighted by molar-refractivity contribution is 5.81. The van der Waals surface area contributed by atoms with E-state index in [9.17, 15) is 4.39 Å². The molecule has 84 valence electrons. The lowest BCUT2D eigenvalue weighted by Gasteiger charge is -2.05. The van der Waals surface area contributed by atoms with Crippen molar-refractivity contribution >= 4 is 11.0 Å². The molecule has 0 radical (unpaired) electrons. The number of aryl methyl sites for hydroxylation is 1. The molecule has 0 aliphatic heterocycles. The first kappa shape index (κ1) is 10.0. The van der Waals surface area contributed by atoms with Crippen molar-refractivity contribution in [2.75, 3.05) is 0 Å². The molecule has 0 aliphatic carbocycles. The summed E-state index contributed by atoms with van der Waals surface area (Å²) < 4.78 is 13.0. The van der Waals surface area contributed by atoms with Gasteiger partial charge in [0.05, 0.1) is 11.0 Å². The van der Waals surface area contributed by atoms with Gasteiger partial charge in [0.1, 0.15) is 5.82 Å². The number of H-pyrrole nitrogens is 1. The average molecular weight is 226 g/mol. The van der Waals surface area contributed by atoms with Crippen molar-refractivity contribution in [3.8, 4) is 11.1 Å². The van der Waals surface area contributed by atoms with E-state index in [-0.39, 0.29) is 5.82 Å². The summed E-state index contributed by atoms with van der Waals surface area (Å²) in [5, 5.41) is 0. The molecule has 0 saturated carbocycles. The number of aromatic nitrogens is 2. The van der Waals surface area contributed by atoms with Gasteiger partial charge in [0, 0.05) is 18.0 Å². The number of fused-ring (bicyclic) bond motifs is 1. The van der Waals surface area contributed by atoms with Crippen LogP contribution in [0.15, 0.2) is 42.7 Å². The summed E-state index contributed by atoms with van der Waals surface area (Å²) in [5.74, 6) is -0.208. The maximum atomic E-state index is 13.0. The molecule has 3 heteroatoms. The fourth-order valence-corrected chi connectivity index (χ4v) is 2.03. The van der Waals surface area contributed by atoms with Gasteiger partial charge in [-0.1, -0.05) is 6.07 Å². The van der Waals surface area contributed by atoms with E-state index in [1.165, 1.54) is 12.1 Å². The molecule has 0 amide bonds. The first-order valence-corrected chi connectivity index (χ1v) is 5.44. The van der Waals surface area contributed by atoms with E-state index in [2.05, 4.69) is 9.97 Å². The number of nitrogens with one attached hydrogen (secondary N) is 1. The summed E-state index contributed by atoms with van der Waals surface area (Å²) >= 11 is 0. The molecule has 2 aromatic heterocycles. The van der Waals surface area contributed by atoms with E-state index in [0.29, 0.717) is 0 Å². The molecule has 0 bridgehead atoms. The van der Waals surface area contributed by atoms with Crippen molar-refractivity contribution < 1.29 is 4.39 Å². The van der Waals surface area contributed by atoms with Crippen molar-refractivity contribution in [2.45, 2.75) is 6.92 Å². The minimum atomic E-state index is -0.208. The van der Waals surface area contributed by atoms with Crippen LogP contribution in [0.4, 0.5) is 4.39 Å². The first-order chi connectivity index (χ1) is 8.24. The van der Waals surface area contributed by atoms with Gasteiger partial charge in [-0.3, -0.25) is 4.98 Å². The van der Waals surface area contributed by atoms with Crippen LogP contribution in [-0.4, -0.2) is 9.97 Å². The zero-order valence-electron chi connectivity index (χ0n) is 9.37. The van der Waals surface area contributed by atoms with E-state index in [4.69, 9.17) is 0 Å². The van der Waals surface area contributed by atoms with E-state index < -0.39 is 0 Å². The lowest BCUT2D eigenvalue weighted by Crippen LogP contribution is -1.86. The molecule has 0 spiro atoms. The minimum Gasteiger partial charge on any atom is -0.360 e. The summed E-state index contributed by atoms with van der Waals surface area (Å²) in [6.07, 6.45) is 3.68. The number of benzene rings is 1. The van der Waals surface area contributed by atoms with E-state index in [1.807, 2.05) is 31.5 Å². The van der Waals surface area contributed by atoms with Gasteiger partial charge >= 0.3 is 0 Å². The zero-order valence-corrected chi connectivity index (χ0v) is 9.37. The predicted molar refractivity (Wildman–Crippen MR) is 66.2 cm³/mol. The van der Waals surface area contributed by atoms with Gasteiger partial charge < -0.3 is 4.98 Å². The Balaban J connectivity index is 2.19. The van der Waals surface area contributed by atoms with Crippen molar-refractivity contribution in [3.05, 3.63) is 54.1 Å². The van der Waals surface area contributed by atoms with Crippen LogP contribution < -0.4 is 0 Å². The van der Waals surface area contributed by atoms with Crippen LogP contribution >= 0.6 is 0 Å². The van der Waals surface area contributed by atoms with Crippen LogP contribution in [0.25, 0.3) is 22.2 Å². The summed E-state index contributed by atoms with van der Waals surface area (Å²) in [5.41, 5.74) is 4.85. The number of pyridine rings is 1. The standard InChI is InChI=1S/C14H11FN2/c1-9-6-11(15)2-3-12(9)10-7-14-13(17-8-10)4-5-16-14/h2-8,16H,1H3. The Morgan fingerprint density at radius 3 is 2.88 bits per heavy atom. The molecule has 1 N–H and O–H groups in total. The Kier molecular flexibility index (Phi) is 2.18. The summed E-state index contributed by atoms with van der Waals surface area (Å²) in [6, 6.07) is 8.76. The normalized spacial score (nSPS) is 10.9. The second-order valence-corrected chi connectivity index (χ2v) is 4.09. The Morgan fingerprint density at radius 2 is 2.06 bits per heavy atom. The molecule has 3 rings (SSSR count). The molecule has 0 aliphatic rings. The molecule has 0 unspecified atom stereocenters. The van der Waals surface area contributed by atoms with Gasteiger partial charge in [0.25, 0.3) is 0 Å². The third kappa shape index (κ3) is 1.69. The summed E-state index contributed by atoms with van der Waals surface area (Å²) in [4.78, 5) is 7.48. The number of rotatable bonds is 1. The summed E-state index contributed by atoms with van der Waals surface area (Å²) in [6.45, 7) is 1.90. The lowest BCUT2D eigenvalue weighted by atomic mass is 10.0. The Bertz CT molecular complexity index is 686. The Hall–Kier alpha value is -2.16. The van der Waals surface area contributed by atoms with Crippen LogP contribution in [0.2, 0.25) is 0 Å². The van der Waals surface area contributed by atoms with Gasteiger partial charge in [-0.25, -0.2) is 4.39 Å². The second-order valence-electron chi connectivity index (χ2n) is 4.09. The zero-order chi connectivity index (χ0) is 11.8. The van der Waals surface area contributed by atoms with Crippen LogP contribution in [0.3, 0.4) is 0 Å². The van der Waals surface area contributed by atoms with Gasteiger partial charge in [-0.2, -0.15) is 0 Å². The molecule has 3 aromatic rings. The van der Waals surface area contributed by atoms with Crippen molar-refractivity contribution in [2.24, 2.45) is 0 Å². The number of halogens is 1.